The van der Waals surface area contributed by atoms with Gasteiger partial charge in [0.1, 0.15) is 11.6 Å². The zero-order valence-electron chi connectivity index (χ0n) is 14.0. The van der Waals surface area contributed by atoms with Crippen LogP contribution in [0.25, 0.3) is 11.3 Å². The van der Waals surface area contributed by atoms with Crippen LogP contribution in [0.3, 0.4) is 0 Å². The van der Waals surface area contributed by atoms with Gasteiger partial charge in [-0.3, -0.25) is 9.88 Å². The second-order valence-electron chi connectivity index (χ2n) is 6.12. The first kappa shape index (κ1) is 16.2. The summed E-state index contributed by atoms with van der Waals surface area (Å²) in [6.45, 7) is 0.582. The predicted octanol–water partition coefficient (Wildman–Crippen LogP) is 4.27. The van der Waals surface area contributed by atoms with E-state index in [0.717, 1.165) is 18.4 Å². The van der Waals surface area contributed by atoms with Gasteiger partial charge < -0.3 is 5.32 Å². The molecule has 1 aliphatic heterocycles. The average Bonchev–Trinajstić information content (AvgIpc) is 2.68. The van der Waals surface area contributed by atoms with E-state index in [0.29, 0.717) is 29.3 Å². The molecule has 0 unspecified atom stereocenters. The highest BCUT2D eigenvalue weighted by Gasteiger charge is 2.24. The fraction of sp³-hybridized carbons (Fsp3) is 0.150. The summed E-state index contributed by atoms with van der Waals surface area (Å²) >= 11 is 0. The van der Waals surface area contributed by atoms with E-state index in [1.165, 1.54) is 12.1 Å². The van der Waals surface area contributed by atoms with E-state index in [9.17, 15) is 9.18 Å². The molecule has 0 atom stereocenters. The molecule has 2 amide bonds. The van der Waals surface area contributed by atoms with Crippen LogP contribution >= 0.6 is 0 Å². The van der Waals surface area contributed by atoms with Crippen LogP contribution in [0.15, 0.2) is 60.9 Å². The fourth-order valence-corrected chi connectivity index (χ4v) is 3.07. The van der Waals surface area contributed by atoms with E-state index >= 15 is 0 Å². The fourth-order valence-electron chi connectivity index (χ4n) is 3.07. The summed E-state index contributed by atoms with van der Waals surface area (Å²) in [4.78, 5) is 23.0. The van der Waals surface area contributed by atoms with Crippen molar-refractivity contribution >= 4 is 17.5 Å². The molecule has 3 aromatic rings. The van der Waals surface area contributed by atoms with Crippen molar-refractivity contribution in [3.63, 3.8) is 0 Å². The molecular formula is C20H17FN4O. The lowest BCUT2D eigenvalue weighted by atomic mass is 10.0. The quantitative estimate of drug-likeness (QED) is 0.752. The minimum Gasteiger partial charge on any atom is -0.306 e. The number of aryl methyl sites for hydroxylation is 1. The molecule has 0 saturated carbocycles. The maximum atomic E-state index is 13.5. The molecule has 0 radical (unpaired) electrons. The third-order valence-electron chi connectivity index (χ3n) is 4.32. The van der Waals surface area contributed by atoms with Gasteiger partial charge in [0.2, 0.25) is 0 Å². The number of anilines is 2. The number of halogens is 1. The third-order valence-corrected chi connectivity index (χ3v) is 4.32. The minimum absolute atomic E-state index is 0.247. The molecule has 1 N–H and O–H groups in total. The van der Waals surface area contributed by atoms with E-state index in [2.05, 4.69) is 15.3 Å². The van der Waals surface area contributed by atoms with Gasteiger partial charge in [-0.1, -0.05) is 18.2 Å². The second-order valence-corrected chi connectivity index (χ2v) is 6.12. The van der Waals surface area contributed by atoms with Gasteiger partial charge in [-0.25, -0.2) is 14.2 Å². The number of urea groups is 1. The molecule has 3 heterocycles. The Kier molecular flexibility index (Phi) is 4.31. The van der Waals surface area contributed by atoms with Crippen LogP contribution in [-0.2, 0) is 6.42 Å². The van der Waals surface area contributed by atoms with Crippen LogP contribution in [-0.4, -0.2) is 22.5 Å². The van der Waals surface area contributed by atoms with Gasteiger partial charge in [0.15, 0.2) is 0 Å². The summed E-state index contributed by atoms with van der Waals surface area (Å²) in [6, 6.07) is 13.4. The van der Waals surface area contributed by atoms with Crippen molar-refractivity contribution < 1.29 is 9.18 Å². The highest BCUT2D eigenvalue weighted by molar-refractivity contribution is 6.01. The first-order valence-corrected chi connectivity index (χ1v) is 8.45. The summed E-state index contributed by atoms with van der Waals surface area (Å²) in [5.74, 6) is 0.313. The molecule has 130 valence electrons. The largest absolute Gasteiger partial charge is 0.327 e. The second kappa shape index (κ2) is 6.92. The number of nitrogens with zero attached hydrogens (tertiary/aromatic N) is 3. The molecule has 2 aromatic heterocycles. The Labute approximate surface area is 150 Å². The number of carbonyl (C=O) groups is 1. The number of pyridine rings is 2. The summed E-state index contributed by atoms with van der Waals surface area (Å²) in [5, 5.41) is 2.85. The number of aromatic nitrogens is 2. The van der Waals surface area contributed by atoms with Crippen LogP contribution in [0.5, 0.6) is 0 Å². The predicted molar refractivity (Wildman–Crippen MR) is 98.6 cm³/mol. The number of nitrogens with one attached hydrogen (secondary N) is 1. The van der Waals surface area contributed by atoms with E-state index in [-0.39, 0.29) is 11.8 Å². The monoisotopic (exact) mass is 348 g/mol. The van der Waals surface area contributed by atoms with Gasteiger partial charge in [0, 0.05) is 18.3 Å². The lowest BCUT2D eigenvalue weighted by Crippen LogP contribution is -2.39. The number of hydrogen-bond acceptors (Lipinski definition) is 3. The van der Waals surface area contributed by atoms with Crippen LogP contribution in [0.1, 0.15) is 12.0 Å². The van der Waals surface area contributed by atoms with Crippen molar-refractivity contribution in [1.82, 2.24) is 9.97 Å². The number of amides is 2. The lowest BCUT2D eigenvalue weighted by Gasteiger charge is -2.28. The number of hydrogen-bond donors (Lipinski definition) is 1. The zero-order chi connectivity index (χ0) is 17.9. The first-order chi connectivity index (χ1) is 12.7. The molecule has 6 heteroatoms. The molecule has 0 spiro atoms. The van der Waals surface area contributed by atoms with Gasteiger partial charge >= 0.3 is 6.03 Å². The first-order valence-electron chi connectivity index (χ1n) is 8.45. The van der Waals surface area contributed by atoms with E-state index in [1.807, 2.05) is 12.1 Å². The number of carbonyl (C=O) groups excluding carboxylic acids is 1. The number of rotatable bonds is 2. The zero-order valence-corrected chi connectivity index (χ0v) is 14.0. The van der Waals surface area contributed by atoms with Crippen LogP contribution < -0.4 is 10.2 Å². The maximum absolute atomic E-state index is 13.5. The van der Waals surface area contributed by atoms with Crippen molar-refractivity contribution in [2.45, 2.75) is 12.8 Å². The SMILES string of the molecule is O=C(Nc1cccnc1)N1CCCc2ccc(-c3cccc(F)c3)nc21. The molecular weight excluding hydrogens is 331 g/mol. The lowest BCUT2D eigenvalue weighted by molar-refractivity contribution is 0.256. The Hall–Kier alpha value is -3.28. The maximum Gasteiger partial charge on any atom is 0.327 e. The average molecular weight is 348 g/mol. The summed E-state index contributed by atoms with van der Waals surface area (Å²) in [5.41, 5.74) is 2.97. The molecule has 0 bridgehead atoms. The Morgan fingerprint density at radius 2 is 2.08 bits per heavy atom. The molecule has 5 nitrogen and oxygen atoms in total. The molecule has 4 rings (SSSR count). The molecule has 0 aliphatic carbocycles. The van der Waals surface area contributed by atoms with Gasteiger partial charge in [0.05, 0.1) is 17.6 Å². The van der Waals surface area contributed by atoms with E-state index < -0.39 is 0 Å². The number of fused-ring (bicyclic) bond motifs is 1. The molecule has 26 heavy (non-hydrogen) atoms. The highest BCUT2D eigenvalue weighted by atomic mass is 19.1. The summed E-state index contributed by atoms with van der Waals surface area (Å²) < 4.78 is 13.5. The Morgan fingerprint density at radius 1 is 1.15 bits per heavy atom. The topological polar surface area (TPSA) is 58.1 Å². The van der Waals surface area contributed by atoms with Gasteiger partial charge in [0.25, 0.3) is 0 Å². The smallest absolute Gasteiger partial charge is 0.306 e. The van der Waals surface area contributed by atoms with E-state index in [4.69, 9.17) is 0 Å². The number of benzene rings is 1. The van der Waals surface area contributed by atoms with Crippen molar-refractivity contribution in [1.29, 1.82) is 0 Å². The Balaban J connectivity index is 1.66. The standard InChI is InChI=1S/C20H17FN4O/c21-16-6-1-4-15(12-16)18-9-8-14-5-3-11-25(19(14)24-18)20(26)23-17-7-2-10-22-13-17/h1-2,4,6-10,12-13H,3,5,11H2,(H,23,26). The van der Waals surface area contributed by atoms with Crippen LogP contribution in [0.2, 0.25) is 0 Å². The molecule has 0 fully saturated rings. The van der Waals surface area contributed by atoms with Gasteiger partial charge in [-0.15, -0.1) is 0 Å². The highest BCUT2D eigenvalue weighted by Crippen LogP contribution is 2.29. The van der Waals surface area contributed by atoms with Gasteiger partial charge in [-0.05, 0) is 48.7 Å². The summed E-state index contributed by atoms with van der Waals surface area (Å²) in [6.07, 6.45) is 4.98. The van der Waals surface area contributed by atoms with Crippen molar-refractivity contribution in [3.8, 4) is 11.3 Å². The molecule has 1 aromatic carbocycles. The Morgan fingerprint density at radius 3 is 2.88 bits per heavy atom. The van der Waals surface area contributed by atoms with Crippen LogP contribution in [0, 0.1) is 5.82 Å². The minimum atomic E-state index is -0.312. The molecule has 0 saturated heterocycles. The normalized spacial score (nSPS) is 13.2. The molecule has 1 aliphatic rings. The van der Waals surface area contributed by atoms with Gasteiger partial charge in [-0.2, -0.15) is 0 Å². The third kappa shape index (κ3) is 3.26. The van der Waals surface area contributed by atoms with Crippen molar-refractivity contribution in [2.75, 3.05) is 16.8 Å². The van der Waals surface area contributed by atoms with E-state index in [1.54, 1.807) is 41.6 Å². The van der Waals surface area contributed by atoms with Crippen molar-refractivity contribution in [3.05, 3.63) is 72.3 Å². The van der Waals surface area contributed by atoms with Crippen molar-refractivity contribution in [2.24, 2.45) is 0 Å². The summed E-state index contributed by atoms with van der Waals surface area (Å²) in [7, 11) is 0. The van der Waals surface area contributed by atoms with Crippen LogP contribution in [0.4, 0.5) is 20.7 Å². The Bertz CT molecular complexity index is 946.